The molecule has 4 N–H and O–H groups in total. The first-order valence-electron chi connectivity index (χ1n) is 6.15. The molecule has 9 heteroatoms. The Hall–Kier alpha value is -2.41. The highest BCUT2D eigenvalue weighted by Crippen LogP contribution is 2.13. The molecule has 0 radical (unpaired) electrons. The highest BCUT2D eigenvalue weighted by atomic mass is 32.2. The van der Waals surface area contributed by atoms with Crippen LogP contribution in [0.15, 0.2) is 40.9 Å². The third kappa shape index (κ3) is 5.53. The number of hydrogen-bond donors (Lipinski definition) is 3. The van der Waals surface area contributed by atoms with Gasteiger partial charge in [-0.2, -0.15) is 5.26 Å². The van der Waals surface area contributed by atoms with Crippen LogP contribution in [0.5, 0.6) is 0 Å². The molecular weight excluding hydrogens is 308 g/mol. The van der Waals surface area contributed by atoms with E-state index in [1.54, 1.807) is 6.07 Å². The lowest BCUT2D eigenvalue weighted by atomic mass is 10.2. The summed E-state index contributed by atoms with van der Waals surface area (Å²) in [6.07, 6.45) is 1.28. The lowest BCUT2D eigenvalue weighted by molar-refractivity contribution is -0.112. The number of nitriles is 1. The van der Waals surface area contributed by atoms with E-state index in [0.29, 0.717) is 18.8 Å². The number of nitrogens with two attached hydrogens (primary N) is 1. The molecule has 22 heavy (non-hydrogen) atoms. The summed E-state index contributed by atoms with van der Waals surface area (Å²) in [6, 6.07) is 7.05. The zero-order valence-electron chi connectivity index (χ0n) is 11.9. The number of sulfonamides is 1. The Labute approximate surface area is 128 Å². The SMILES string of the molecule is COCCN/C=C(/C#N)C(=O)Nc1ccc(S(N)(=O)=O)cc1. The van der Waals surface area contributed by atoms with Crippen LogP contribution in [0, 0.1) is 11.3 Å². The van der Waals surface area contributed by atoms with Gasteiger partial charge in [0, 0.05) is 25.5 Å². The summed E-state index contributed by atoms with van der Waals surface area (Å²) in [5.74, 6) is -0.615. The van der Waals surface area contributed by atoms with Gasteiger partial charge in [0.25, 0.3) is 5.91 Å². The fourth-order valence-electron chi connectivity index (χ4n) is 1.41. The van der Waals surface area contributed by atoms with Crippen molar-refractivity contribution in [1.82, 2.24) is 5.32 Å². The largest absolute Gasteiger partial charge is 0.387 e. The number of anilines is 1. The van der Waals surface area contributed by atoms with Crippen molar-refractivity contribution in [2.45, 2.75) is 4.90 Å². The molecule has 0 fully saturated rings. The molecule has 0 heterocycles. The van der Waals surface area contributed by atoms with Crippen molar-refractivity contribution in [1.29, 1.82) is 5.26 Å². The fraction of sp³-hybridized carbons (Fsp3) is 0.231. The van der Waals surface area contributed by atoms with E-state index in [9.17, 15) is 13.2 Å². The van der Waals surface area contributed by atoms with E-state index in [1.807, 2.05) is 0 Å². The zero-order chi connectivity index (χ0) is 16.6. The summed E-state index contributed by atoms with van der Waals surface area (Å²) >= 11 is 0. The van der Waals surface area contributed by atoms with E-state index < -0.39 is 15.9 Å². The standard InChI is InChI=1S/C13H16N4O4S/c1-21-7-6-16-9-10(8-14)13(18)17-11-2-4-12(5-3-11)22(15,19)20/h2-5,9,16H,6-7H2,1H3,(H,17,18)(H2,15,19,20)/b10-9-. The highest BCUT2D eigenvalue weighted by Gasteiger charge is 2.11. The molecule has 0 atom stereocenters. The van der Waals surface area contributed by atoms with Gasteiger partial charge < -0.3 is 15.4 Å². The first-order chi connectivity index (χ1) is 10.4. The number of nitrogens with one attached hydrogen (secondary N) is 2. The quantitative estimate of drug-likeness (QED) is 0.365. The van der Waals surface area contributed by atoms with Crippen molar-refractivity contribution in [3.63, 3.8) is 0 Å². The lowest BCUT2D eigenvalue weighted by Crippen LogP contribution is -2.19. The van der Waals surface area contributed by atoms with Gasteiger partial charge in [-0.15, -0.1) is 0 Å². The maximum atomic E-state index is 11.9. The Morgan fingerprint density at radius 1 is 1.41 bits per heavy atom. The minimum atomic E-state index is -3.78. The maximum Gasteiger partial charge on any atom is 0.267 e. The zero-order valence-corrected chi connectivity index (χ0v) is 12.7. The first kappa shape index (κ1) is 17.6. The number of amides is 1. The predicted octanol–water partition coefficient (Wildman–Crippen LogP) is -0.0840. The van der Waals surface area contributed by atoms with Crippen LogP contribution in [0.4, 0.5) is 5.69 Å². The molecule has 0 aliphatic rings. The Bertz CT molecular complexity index is 690. The Morgan fingerprint density at radius 3 is 2.55 bits per heavy atom. The molecule has 1 aromatic carbocycles. The molecule has 118 valence electrons. The average molecular weight is 324 g/mol. The van der Waals surface area contributed by atoms with Gasteiger partial charge in [0.15, 0.2) is 0 Å². The third-order valence-corrected chi connectivity index (χ3v) is 3.43. The third-order valence-electron chi connectivity index (χ3n) is 2.50. The van der Waals surface area contributed by atoms with Gasteiger partial charge in [-0.3, -0.25) is 4.79 Å². The number of carbonyl (C=O) groups is 1. The van der Waals surface area contributed by atoms with Gasteiger partial charge in [0.2, 0.25) is 10.0 Å². The fourth-order valence-corrected chi connectivity index (χ4v) is 1.93. The van der Waals surface area contributed by atoms with Crippen LogP contribution in [0.1, 0.15) is 0 Å². The van der Waals surface area contributed by atoms with Crippen LogP contribution >= 0.6 is 0 Å². The number of nitrogens with zero attached hydrogens (tertiary/aromatic N) is 1. The van der Waals surface area contributed by atoms with Gasteiger partial charge >= 0.3 is 0 Å². The summed E-state index contributed by atoms with van der Waals surface area (Å²) < 4.78 is 27.0. The van der Waals surface area contributed by atoms with Crippen molar-refractivity contribution in [3.05, 3.63) is 36.0 Å². The van der Waals surface area contributed by atoms with Crippen LogP contribution in [0.3, 0.4) is 0 Å². The molecular formula is C13H16N4O4S. The molecule has 0 aliphatic carbocycles. The van der Waals surface area contributed by atoms with Crippen LogP contribution in [-0.2, 0) is 19.6 Å². The highest BCUT2D eigenvalue weighted by molar-refractivity contribution is 7.89. The second-order valence-corrected chi connectivity index (χ2v) is 5.70. The predicted molar refractivity (Wildman–Crippen MR) is 80.0 cm³/mol. The smallest absolute Gasteiger partial charge is 0.267 e. The van der Waals surface area contributed by atoms with Crippen LogP contribution in [-0.4, -0.2) is 34.6 Å². The first-order valence-corrected chi connectivity index (χ1v) is 7.70. The van der Waals surface area contributed by atoms with Crippen LogP contribution in [0.25, 0.3) is 0 Å². The normalized spacial score (nSPS) is 11.6. The molecule has 0 saturated heterocycles. The summed E-state index contributed by atoms with van der Waals surface area (Å²) in [5, 5.41) is 19.1. The summed E-state index contributed by atoms with van der Waals surface area (Å²) in [7, 11) is -2.25. The van der Waals surface area contributed by atoms with E-state index in [0.717, 1.165) is 0 Å². The number of primary sulfonamides is 1. The molecule has 1 amide bonds. The summed E-state index contributed by atoms with van der Waals surface area (Å²) in [5.41, 5.74) is 0.224. The maximum absolute atomic E-state index is 11.9. The lowest BCUT2D eigenvalue weighted by Gasteiger charge is -2.06. The molecule has 0 saturated carbocycles. The molecule has 0 bridgehead atoms. The number of hydrogen-bond acceptors (Lipinski definition) is 6. The van der Waals surface area contributed by atoms with Crippen molar-refractivity contribution < 1.29 is 17.9 Å². The van der Waals surface area contributed by atoms with E-state index in [1.165, 1.54) is 37.6 Å². The Kier molecular flexibility index (Phi) is 6.52. The molecule has 0 unspecified atom stereocenters. The number of rotatable bonds is 7. The van der Waals surface area contributed by atoms with Crippen LogP contribution < -0.4 is 15.8 Å². The number of carbonyl (C=O) groups excluding carboxylic acids is 1. The van der Waals surface area contributed by atoms with Gasteiger partial charge in [-0.05, 0) is 24.3 Å². The van der Waals surface area contributed by atoms with Gasteiger partial charge in [-0.25, -0.2) is 13.6 Å². The molecule has 1 aromatic rings. The second-order valence-electron chi connectivity index (χ2n) is 4.14. The monoisotopic (exact) mass is 324 g/mol. The topological polar surface area (TPSA) is 134 Å². The number of ether oxygens (including phenoxy) is 1. The van der Waals surface area contributed by atoms with Gasteiger partial charge in [-0.1, -0.05) is 0 Å². The molecule has 8 nitrogen and oxygen atoms in total. The molecule has 0 aliphatic heterocycles. The Morgan fingerprint density at radius 2 is 2.05 bits per heavy atom. The van der Waals surface area contributed by atoms with Crippen molar-refractivity contribution >= 4 is 21.6 Å². The number of benzene rings is 1. The minimum Gasteiger partial charge on any atom is -0.387 e. The number of methoxy groups -OCH3 is 1. The van der Waals surface area contributed by atoms with E-state index in [-0.39, 0.29) is 10.5 Å². The minimum absolute atomic E-state index is 0.0669. The van der Waals surface area contributed by atoms with Gasteiger partial charge in [0.05, 0.1) is 11.5 Å². The Balaban J connectivity index is 2.72. The molecule has 0 spiro atoms. The van der Waals surface area contributed by atoms with Crippen molar-refractivity contribution in [3.8, 4) is 6.07 Å². The average Bonchev–Trinajstić information content (AvgIpc) is 2.47. The van der Waals surface area contributed by atoms with Gasteiger partial charge in [0.1, 0.15) is 11.6 Å². The van der Waals surface area contributed by atoms with E-state index >= 15 is 0 Å². The van der Waals surface area contributed by atoms with Crippen molar-refractivity contribution in [2.24, 2.45) is 5.14 Å². The van der Waals surface area contributed by atoms with Crippen molar-refractivity contribution in [2.75, 3.05) is 25.6 Å². The van der Waals surface area contributed by atoms with E-state index in [4.69, 9.17) is 15.1 Å². The molecule has 0 aromatic heterocycles. The summed E-state index contributed by atoms with van der Waals surface area (Å²) in [4.78, 5) is 11.8. The van der Waals surface area contributed by atoms with E-state index in [2.05, 4.69) is 10.6 Å². The van der Waals surface area contributed by atoms with Crippen LogP contribution in [0.2, 0.25) is 0 Å². The second kappa shape index (κ2) is 8.14. The summed E-state index contributed by atoms with van der Waals surface area (Å²) in [6.45, 7) is 0.893. The molecule has 1 rings (SSSR count).